The highest BCUT2D eigenvalue weighted by atomic mass is 15.1. The fraction of sp³-hybridized carbons (Fsp3) is 0.0988. The molecule has 398 valence electrons. The first-order valence-electron chi connectivity index (χ1n) is 29.4. The number of para-hydroxylation sites is 2. The van der Waals surface area contributed by atoms with Crippen molar-refractivity contribution in [3.8, 4) is 39.4 Å². The molecule has 0 radical (unpaired) electrons. The third kappa shape index (κ3) is 7.14. The summed E-state index contributed by atoms with van der Waals surface area (Å²) in [5.41, 5.74) is 27.8. The van der Waals surface area contributed by atoms with Gasteiger partial charge in [0.1, 0.15) is 0 Å². The predicted molar refractivity (Wildman–Crippen MR) is 343 cm³/mol. The third-order valence-electron chi connectivity index (χ3n) is 19.1. The summed E-state index contributed by atoms with van der Waals surface area (Å²) < 4.78 is 0. The van der Waals surface area contributed by atoms with E-state index >= 15 is 0 Å². The van der Waals surface area contributed by atoms with E-state index in [1.807, 2.05) is 6.07 Å². The molecule has 1 fully saturated rings. The first-order chi connectivity index (χ1) is 41.3. The van der Waals surface area contributed by atoms with Crippen molar-refractivity contribution in [3.05, 3.63) is 374 Å². The van der Waals surface area contributed by atoms with E-state index in [-0.39, 0.29) is 0 Å². The molecule has 1 saturated heterocycles. The minimum absolute atomic E-state index is 0.291. The van der Waals surface area contributed by atoms with Gasteiger partial charge in [-0.25, -0.2) is 0 Å². The zero-order chi connectivity index (χ0) is 56.3. The predicted octanol–water partition coefficient (Wildman–Crippen LogP) is 18.7. The molecule has 1 aliphatic heterocycles. The number of nitrogens with zero attached hydrogens (tertiary/aromatic N) is 2. The van der Waals surface area contributed by atoms with Gasteiger partial charge in [-0.3, -0.25) is 0 Å². The van der Waals surface area contributed by atoms with E-state index in [0.29, 0.717) is 11.6 Å². The highest BCUT2D eigenvalue weighted by molar-refractivity contribution is 5.93. The van der Waals surface area contributed by atoms with Crippen LogP contribution in [0.2, 0.25) is 0 Å². The van der Waals surface area contributed by atoms with Crippen LogP contribution in [-0.4, -0.2) is 6.54 Å². The summed E-state index contributed by atoms with van der Waals surface area (Å²) >= 11 is 0. The summed E-state index contributed by atoms with van der Waals surface area (Å²) in [6, 6.07) is 109. The van der Waals surface area contributed by atoms with Gasteiger partial charge in [-0.2, -0.15) is 5.26 Å². The maximum Gasteiger partial charge on any atom is 0.0991 e. The molecule has 4 aliphatic rings. The molecule has 0 amide bonds. The second-order valence-corrected chi connectivity index (χ2v) is 23.7. The van der Waals surface area contributed by atoms with Crippen molar-refractivity contribution in [1.82, 2.24) is 5.32 Å². The Morgan fingerprint density at radius 3 is 1.11 bits per heavy atom. The zero-order valence-corrected chi connectivity index (χ0v) is 47.2. The van der Waals surface area contributed by atoms with Crippen LogP contribution in [0.15, 0.2) is 279 Å². The number of rotatable bonds is 10. The summed E-state index contributed by atoms with van der Waals surface area (Å²) in [5, 5.41) is 14.6. The van der Waals surface area contributed by atoms with Gasteiger partial charge in [-0.05, 0) is 175 Å². The average molecular weight is 1070 g/mol. The molecule has 0 aromatic heterocycles. The lowest BCUT2D eigenvalue weighted by atomic mass is 9.60. The number of aryl methyl sites for hydroxylation is 3. The Kier molecular flexibility index (Phi) is 11.2. The number of nitriles is 1. The Morgan fingerprint density at radius 1 is 0.333 bits per heavy atom. The average Bonchev–Trinajstić information content (AvgIpc) is 1.57. The second-order valence-electron chi connectivity index (χ2n) is 23.7. The van der Waals surface area contributed by atoms with Gasteiger partial charge in [0.2, 0.25) is 0 Å². The fourth-order valence-corrected chi connectivity index (χ4v) is 15.2. The Hall–Kier alpha value is -10.1. The number of nitrogens with one attached hydrogen (secondary N) is 1. The molecule has 4 unspecified atom stereocenters. The number of anilines is 3. The van der Waals surface area contributed by atoms with Crippen LogP contribution >= 0.6 is 0 Å². The highest BCUT2D eigenvalue weighted by Gasteiger charge is 2.53. The molecule has 16 rings (SSSR count). The Morgan fingerprint density at radius 2 is 0.690 bits per heavy atom. The van der Waals surface area contributed by atoms with Gasteiger partial charge < -0.3 is 10.2 Å². The number of benzene rings is 12. The SMILES string of the molecule is Cc1ccc(C2(c3cc(C4(c5ccc(C)cc5)c5ccccc5-c5ccc(C6CN6)cc54)cc(C4(c5ccc(C)cc5)c5ccccc5-c5ccc(N(c6ccccc6)c6ccccc6)cc54)c3)c3ccccc3-c3ccc(C#N)cc32)cc1. The van der Waals surface area contributed by atoms with E-state index in [1.54, 1.807) is 0 Å². The minimum atomic E-state index is -0.888. The van der Waals surface area contributed by atoms with Crippen LogP contribution in [0.3, 0.4) is 0 Å². The van der Waals surface area contributed by atoms with Crippen molar-refractivity contribution in [2.75, 3.05) is 11.4 Å². The van der Waals surface area contributed by atoms with Gasteiger partial charge in [0.05, 0.1) is 27.9 Å². The van der Waals surface area contributed by atoms with Crippen LogP contribution in [0.25, 0.3) is 33.4 Å². The van der Waals surface area contributed by atoms with E-state index in [2.05, 4.69) is 310 Å². The van der Waals surface area contributed by atoms with Crippen LogP contribution < -0.4 is 10.2 Å². The van der Waals surface area contributed by atoms with Crippen molar-refractivity contribution < 1.29 is 0 Å². The fourth-order valence-electron chi connectivity index (χ4n) is 15.2. The van der Waals surface area contributed by atoms with Crippen LogP contribution in [0, 0.1) is 32.1 Å². The molecular formula is C81H59N3. The molecule has 1 heterocycles. The quantitative estimate of drug-likeness (QED) is 0.139. The normalized spacial score (nSPS) is 19.0. The van der Waals surface area contributed by atoms with E-state index in [1.165, 1.54) is 100 Å². The molecule has 0 spiro atoms. The Bertz CT molecular complexity index is 4610. The Labute approximate surface area is 492 Å². The van der Waals surface area contributed by atoms with Gasteiger partial charge in [-0.15, -0.1) is 0 Å². The molecule has 12 aromatic rings. The molecular weight excluding hydrogens is 1010 g/mol. The van der Waals surface area contributed by atoms with Gasteiger partial charge in [0.15, 0.2) is 0 Å². The van der Waals surface area contributed by atoms with E-state index < -0.39 is 16.2 Å². The maximum atomic E-state index is 11.0. The van der Waals surface area contributed by atoms with Crippen molar-refractivity contribution in [3.63, 3.8) is 0 Å². The number of hydrogen-bond donors (Lipinski definition) is 1. The number of fused-ring (bicyclic) bond motifs is 9. The first kappa shape index (κ1) is 49.7. The standard InChI is InChI=1S/C81H59N3/c1-52-26-34-57(35-27-52)79(72-23-13-10-20-66(72)69-41-32-55(50-82)44-75(69)79)60-46-61(80(58-36-28-53(2)29-37-58)73-24-14-11-21-67(73)70-42-33-56(45-76(70)80)78-51-83-78)48-62(47-60)81(59-38-30-54(3)31-39-59)74-25-15-12-22-68(74)71-43-40-65(49-77(71)81)84(63-16-6-4-7-17-63)64-18-8-5-9-19-64/h4-49,78,83H,51H2,1-3H3. The van der Waals surface area contributed by atoms with Crippen LogP contribution in [-0.2, 0) is 16.2 Å². The molecule has 3 heteroatoms. The summed E-state index contributed by atoms with van der Waals surface area (Å²) in [7, 11) is 0. The summed E-state index contributed by atoms with van der Waals surface area (Å²) in [6.07, 6.45) is 0. The molecule has 12 aromatic carbocycles. The van der Waals surface area contributed by atoms with Crippen molar-refractivity contribution in [2.24, 2.45) is 0 Å². The smallest absolute Gasteiger partial charge is 0.0991 e. The summed E-state index contributed by atoms with van der Waals surface area (Å²) in [5.74, 6) is 0. The van der Waals surface area contributed by atoms with Crippen LogP contribution in [0.4, 0.5) is 17.1 Å². The van der Waals surface area contributed by atoms with E-state index in [4.69, 9.17) is 0 Å². The lowest BCUT2D eigenvalue weighted by Crippen LogP contribution is -2.35. The van der Waals surface area contributed by atoms with Gasteiger partial charge in [0, 0.05) is 29.6 Å². The molecule has 1 N–H and O–H groups in total. The third-order valence-corrected chi connectivity index (χ3v) is 19.1. The lowest BCUT2D eigenvalue weighted by molar-refractivity contribution is 0.712. The van der Waals surface area contributed by atoms with Gasteiger partial charge in [0.25, 0.3) is 0 Å². The minimum Gasteiger partial charge on any atom is -0.310 e. The van der Waals surface area contributed by atoms with Crippen LogP contribution in [0.1, 0.15) is 101 Å². The van der Waals surface area contributed by atoms with Crippen molar-refractivity contribution in [1.29, 1.82) is 5.26 Å². The molecule has 84 heavy (non-hydrogen) atoms. The second kappa shape index (κ2) is 19.0. The molecule has 3 aliphatic carbocycles. The lowest BCUT2D eigenvalue weighted by Gasteiger charge is -2.41. The molecule has 3 nitrogen and oxygen atoms in total. The van der Waals surface area contributed by atoms with E-state index in [9.17, 15) is 5.26 Å². The Balaban J connectivity index is 1.12. The van der Waals surface area contributed by atoms with Crippen molar-refractivity contribution >= 4 is 17.1 Å². The van der Waals surface area contributed by atoms with Crippen molar-refractivity contribution in [2.45, 2.75) is 43.1 Å². The largest absolute Gasteiger partial charge is 0.310 e. The summed E-state index contributed by atoms with van der Waals surface area (Å²) in [6.45, 7) is 7.53. The molecule has 0 saturated carbocycles. The van der Waals surface area contributed by atoms with Gasteiger partial charge >= 0.3 is 0 Å². The van der Waals surface area contributed by atoms with Gasteiger partial charge in [-0.1, -0.05) is 247 Å². The van der Waals surface area contributed by atoms with Crippen LogP contribution in [0.5, 0.6) is 0 Å². The van der Waals surface area contributed by atoms with E-state index in [0.717, 1.165) is 45.9 Å². The zero-order valence-electron chi connectivity index (χ0n) is 47.2. The molecule has 4 atom stereocenters. The number of hydrogen-bond acceptors (Lipinski definition) is 3. The topological polar surface area (TPSA) is 49.0 Å². The highest BCUT2D eigenvalue weighted by Crippen LogP contribution is 2.64. The summed E-state index contributed by atoms with van der Waals surface area (Å²) in [4.78, 5) is 2.40. The molecule has 0 bridgehead atoms. The first-order valence-corrected chi connectivity index (χ1v) is 29.4. The monoisotopic (exact) mass is 1070 g/mol. The maximum absolute atomic E-state index is 11.0.